The highest BCUT2D eigenvalue weighted by molar-refractivity contribution is 6.30. The summed E-state index contributed by atoms with van der Waals surface area (Å²) < 4.78 is 1.52. The number of carbonyl (C=O) groups is 1. The van der Waals surface area contributed by atoms with Gasteiger partial charge in [0.2, 0.25) is 5.91 Å². The van der Waals surface area contributed by atoms with Crippen LogP contribution in [0.5, 0.6) is 0 Å². The van der Waals surface area contributed by atoms with Gasteiger partial charge in [-0.05, 0) is 25.0 Å². The molecule has 1 heterocycles. The number of rotatable bonds is 4. The Kier molecular flexibility index (Phi) is 4.53. The van der Waals surface area contributed by atoms with Crippen LogP contribution in [0.2, 0.25) is 5.02 Å². The molecule has 0 atom stereocenters. The van der Waals surface area contributed by atoms with Gasteiger partial charge < -0.3 is 5.32 Å². The molecule has 1 aromatic carbocycles. The number of nitrogens with zero attached hydrogens (tertiary/aromatic N) is 3. The Balaban J connectivity index is 1.63. The van der Waals surface area contributed by atoms with E-state index in [2.05, 4.69) is 15.4 Å². The number of carbonyl (C=O) groups excluding carboxylic acids is 1. The molecule has 0 aliphatic heterocycles. The third kappa shape index (κ3) is 3.74. The Morgan fingerprint density at radius 1 is 1.36 bits per heavy atom. The van der Waals surface area contributed by atoms with Crippen molar-refractivity contribution in [1.29, 1.82) is 0 Å². The summed E-state index contributed by atoms with van der Waals surface area (Å²) in [6, 6.07) is 7.66. The SMILES string of the molecule is O=C(/C=C\n1cnc(-c2cccc(Cl)c2)n1)NC1CCCC1. The van der Waals surface area contributed by atoms with E-state index in [1.165, 1.54) is 23.6 Å². The van der Waals surface area contributed by atoms with E-state index >= 15 is 0 Å². The predicted molar refractivity (Wildman–Crippen MR) is 86.2 cm³/mol. The Morgan fingerprint density at radius 2 is 2.18 bits per heavy atom. The Labute approximate surface area is 134 Å². The largest absolute Gasteiger partial charge is 0.350 e. The van der Waals surface area contributed by atoms with E-state index < -0.39 is 0 Å². The summed E-state index contributed by atoms with van der Waals surface area (Å²) in [5, 5.41) is 7.94. The minimum Gasteiger partial charge on any atom is -0.350 e. The third-order valence-corrected chi connectivity index (χ3v) is 3.91. The molecule has 22 heavy (non-hydrogen) atoms. The van der Waals surface area contributed by atoms with Crippen molar-refractivity contribution in [1.82, 2.24) is 20.1 Å². The number of aromatic nitrogens is 3. The first-order valence-electron chi connectivity index (χ1n) is 7.36. The van der Waals surface area contributed by atoms with Gasteiger partial charge in [0.05, 0.1) is 0 Å². The molecule has 1 saturated carbocycles. The van der Waals surface area contributed by atoms with Gasteiger partial charge in [-0.3, -0.25) is 4.79 Å². The fraction of sp³-hybridized carbons (Fsp3) is 0.312. The lowest BCUT2D eigenvalue weighted by Gasteiger charge is -2.08. The standard InChI is InChI=1S/C16H17ClN4O/c17-13-5-3-4-12(10-13)16-18-11-21(20-16)9-8-15(22)19-14-6-1-2-7-14/h3-5,8-11,14H,1-2,6-7H2,(H,19,22)/b9-8-. The van der Waals surface area contributed by atoms with Gasteiger partial charge in [-0.1, -0.05) is 36.6 Å². The summed E-state index contributed by atoms with van der Waals surface area (Å²) in [4.78, 5) is 16.0. The maximum absolute atomic E-state index is 11.8. The van der Waals surface area contributed by atoms with Crippen molar-refractivity contribution in [2.75, 3.05) is 0 Å². The van der Waals surface area contributed by atoms with Gasteiger partial charge in [0.15, 0.2) is 5.82 Å². The van der Waals surface area contributed by atoms with Crippen LogP contribution < -0.4 is 5.32 Å². The summed E-state index contributed by atoms with van der Waals surface area (Å²) in [7, 11) is 0. The topological polar surface area (TPSA) is 59.8 Å². The van der Waals surface area contributed by atoms with Crippen LogP contribution in [0.1, 0.15) is 25.7 Å². The molecule has 1 aliphatic rings. The highest BCUT2D eigenvalue weighted by Crippen LogP contribution is 2.19. The van der Waals surface area contributed by atoms with Crippen LogP contribution in [0.4, 0.5) is 0 Å². The van der Waals surface area contributed by atoms with Gasteiger partial charge in [-0.15, -0.1) is 5.10 Å². The zero-order valence-corrected chi connectivity index (χ0v) is 12.8. The van der Waals surface area contributed by atoms with Crippen LogP contribution in [0.25, 0.3) is 17.6 Å². The number of halogens is 1. The number of nitrogens with one attached hydrogen (secondary N) is 1. The van der Waals surface area contributed by atoms with E-state index in [1.54, 1.807) is 24.7 Å². The maximum atomic E-state index is 11.8. The van der Waals surface area contributed by atoms with E-state index in [-0.39, 0.29) is 5.91 Å². The highest BCUT2D eigenvalue weighted by atomic mass is 35.5. The van der Waals surface area contributed by atoms with Gasteiger partial charge in [-0.25, -0.2) is 9.67 Å². The number of benzene rings is 1. The van der Waals surface area contributed by atoms with Crippen molar-refractivity contribution in [3.8, 4) is 11.4 Å². The lowest BCUT2D eigenvalue weighted by Crippen LogP contribution is -2.31. The van der Waals surface area contributed by atoms with E-state index in [4.69, 9.17) is 11.6 Å². The summed E-state index contributed by atoms with van der Waals surface area (Å²) in [6.45, 7) is 0. The summed E-state index contributed by atoms with van der Waals surface area (Å²) in [6.07, 6.45) is 9.18. The van der Waals surface area contributed by atoms with Gasteiger partial charge in [-0.2, -0.15) is 0 Å². The minimum absolute atomic E-state index is 0.0910. The average molecular weight is 317 g/mol. The van der Waals surface area contributed by atoms with E-state index in [1.807, 2.05) is 12.1 Å². The number of hydrogen-bond donors (Lipinski definition) is 1. The molecular weight excluding hydrogens is 300 g/mol. The van der Waals surface area contributed by atoms with Crippen molar-refractivity contribution in [2.45, 2.75) is 31.7 Å². The fourth-order valence-corrected chi connectivity index (χ4v) is 2.76. The smallest absolute Gasteiger partial charge is 0.245 e. The van der Waals surface area contributed by atoms with Crippen molar-refractivity contribution >= 4 is 23.7 Å². The molecule has 2 aromatic rings. The van der Waals surface area contributed by atoms with Crippen molar-refractivity contribution in [3.63, 3.8) is 0 Å². The quantitative estimate of drug-likeness (QED) is 0.882. The molecule has 0 spiro atoms. The zero-order valence-electron chi connectivity index (χ0n) is 12.1. The summed E-state index contributed by atoms with van der Waals surface area (Å²) in [5.41, 5.74) is 0.843. The van der Waals surface area contributed by atoms with Crippen LogP contribution in [-0.4, -0.2) is 26.7 Å². The molecule has 5 nitrogen and oxygen atoms in total. The van der Waals surface area contributed by atoms with E-state index in [9.17, 15) is 4.79 Å². The molecule has 114 valence electrons. The van der Waals surface area contributed by atoms with Crippen LogP contribution >= 0.6 is 11.6 Å². The van der Waals surface area contributed by atoms with Crippen LogP contribution in [0.15, 0.2) is 36.7 Å². The fourth-order valence-electron chi connectivity index (χ4n) is 2.57. The van der Waals surface area contributed by atoms with Crippen molar-refractivity contribution < 1.29 is 4.79 Å². The molecule has 0 unspecified atom stereocenters. The Hall–Kier alpha value is -2.14. The summed E-state index contributed by atoms with van der Waals surface area (Å²) in [5.74, 6) is 0.482. The monoisotopic (exact) mass is 316 g/mol. The number of hydrogen-bond acceptors (Lipinski definition) is 3. The first-order chi connectivity index (χ1) is 10.7. The molecule has 3 rings (SSSR count). The highest BCUT2D eigenvalue weighted by Gasteiger charge is 2.15. The van der Waals surface area contributed by atoms with Crippen molar-refractivity contribution in [2.24, 2.45) is 0 Å². The predicted octanol–water partition coefficient (Wildman–Crippen LogP) is 3.13. The molecule has 0 saturated heterocycles. The van der Waals surface area contributed by atoms with Crippen LogP contribution in [0, 0.1) is 0 Å². The van der Waals surface area contributed by atoms with Gasteiger partial charge >= 0.3 is 0 Å². The zero-order chi connectivity index (χ0) is 15.4. The molecule has 0 radical (unpaired) electrons. The van der Waals surface area contributed by atoms with E-state index in [0.29, 0.717) is 16.9 Å². The molecule has 6 heteroatoms. The Bertz CT molecular complexity index is 689. The van der Waals surface area contributed by atoms with Gasteiger partial charge in [0, 0.05) is 28.9 Å². The summed E-state index contributed by atoms with van der Waals surface area (Å²) >= 11 is 5.96. The number of amides is 1. The lowest BCUT2D eigenvalue weighted by atomic mass is 10.2. The van der Waals surface area contributed by atoms with Crippen LogP contribution in [0.3, 0.4) is 0 Å². The second-order valence-electron chi connectivity index (χ2n) is 5.36. The first kappa shape index (κ1) is 14.8. The molecule has 1 aliphatic carbocycles. The molecule has 0 bridgehead atoms. The lowest BCUT2D eigenvalue weighted by molar-refractivity contribution is -0.117. The molecule has 1 N–H and O–H groups in total. The molecule has 1 aromatic heterocycles. The van der Waals surface area contributed by atoms with Crippen molar-refractivity contribution in [3.05, 3.63) is 41.7 Å². The average Bonchev–Trinajstić information content (AvgIpc) is 3.16. The van der Waals surface area contributed by atoms with Crippen LogP contribution in [-0.2, 0) is 4.79 Å². The second kappa shape index (κ2) is 6.75. The molecule has 1 fully saturated rings. The maximum Gasteiger partial charge on any atom is 0.245 e. The molecule has 1 amide bonds. The minimum atomic E-state index is -0.0910. The van der Waals surface area contributed by atoms with Gasteiger partial charge in [0.1, 0.15) is 6.33 Å². The van der Waals surface area contributed by atoms with E-state index in [0.717, 1.165) is 18.4 Å². The molecular formula is C16H17ClN4O. The second-order valence-corrected chi connectivity index (χ2v) is 5.80. The Morgan fingerprint density at radius 3 is 2.95 bits per heavy atom. The normalized spacial score (nSPS) is 15.5. The first-order valence-corrected chi connectivity index (χ1v) is 7.74. The third-order valence-electron chi connectivity index (χ3n) is 3.67. The van der Waals surface area contributed by atoms with Gasteiger partial charge in [0.25, 0.3) is 0 Å².